The quantitative estimate of drug-likeness (QED) is 0.568. The number of thiazole rings is 1. The minimum absolute atomic E-state index is 0.208. The Morgan fingerprint density at radius 1 is 1.37 bits per heavy atom. The predicted octanol–water partition coefficient (Wildman–Crippen LogP) is 3.87. The summed E-state index contributed by atoms with van der Waals surface area (Å²) < 4.78 is 10.7. The van der Waals surface area contributed by atoms with E-state index in [0.717, 1.165) is 29.5 Å². The monoisotopic (exact) mass is 427 g/mol. The summed E-state index contributed by atoms with van der Waals surface area (Å²) in [5, 5.41) is 15.9. The molecule has 0 radical (unpaired) electrons. The number of rotatable bonds is 8. The van der Waals surface area contributed by atoms with Crippen molar-refractivity contribution in [2.45, 2.75) is 25.4 Å². The van der Waals surface area contributed by atoms with Crippen molar-refractivity contribution < 1.29 is 19.1 Å². The smallest absolute Gasteiger partial charge is 0.251 e. The number of hydrogen-bond donors (Lipinski definition) is 2. The molecule has 0 saturated carbocycles. The molecule has 3 aromatic rings. The van der Waals surface area contributed by atoms with Gasteiger partial charge in [-0.15, -0.1) is 11.3 Å². The molecule has 1 aliphatic heterocycles. The molecule has 4 rings (SSSR count). The van der Waals surface area contributed by atoms with Crippen LogP contribution < -0.4 is 15.0 Å². The summed E-state index contributed by atoms with van der Waals surface area (Å²) in [7, 11) is 1.61. The first kappa shape index (κ1) is 20.4. The SMILES string of the molecule is COc1ccc(C(=O)NCCC(O)c2ccco2)cc1-c1csc(N2CCCC2)n1. The van der Waals surface area contributed by atoms with Gasteiger partial charge in [0.05, 0.1) is 19.1 Å². The molecule has 158 valence electrons. The highest BCUT2D eigenvalue weighted by molar-refractivity contribution is 7.14. The van der Waals surface area contributed by atoms with Gasteiger partial charge in [0, 0.05) is 36.1 Å². The van der Waals surface area contributed by atoms with Gasteiger partial charge in [0.15, 0.2) is 5.13 Å². The number of furan rings is 1. The second-order valence-corrected chi connectivity index (χ2v) is 8.04. The molecule has 0 bridgehead atoms. The second-order valence-electron chi connectivity index (χ2n) is 7.20. The molecule has 1 unspecified atom stereocenters. The Kier molecular flexibility index (Phi) is 6.35. The van der Waals surface area contributed by atoms with E-state index < -0.39 is 6.10 Å². The summed E-state index contributed by atoms with van der Waals surface area (Å²) in [5.41, 5.74) is 2.12. The zero-order valence-electron chi connectivity index (χ0n) is 16.8. The maximum absolute atomic E-state index is 12.6. The Labute approximate surface area is 179 Å². The molecule has 1 amide bonds. The van der Waals surface area contributed by atoms with Crippen molar-refractivity contribution in [2.24, 2.45) is 0 Å². The minimum Gasteiger partial charge on any atom is -0.496 e. The Bertz CT molecular complexity index is 980. The first-order chi connectivity index (χ1) is 14.7. The molecule has 0 aliphatic carbocycles. The number of ether oxygens (including phenoxy) is 1. The van der Waals surface area contributed by atoms with Gasteiger partial charge in [0.1, 0.15) is 17.6 Å². The van der Waals surface area contributed by atoms with Crippen LogP contribution in [-0.4, -0.2) is 42.7 Å². The van der Waals surface area contributed by atoms with Crippen LogP contribution in [0.5, 0.6) is 5.75 Å². The third-order valence-corrected chi connectivity index (χ3v) is 6.08. The highest BCUT2D eigenvalue weighted by atomic mass is 32.1. The van der Waals surface area contributed by atoms with Gasteiger partial charge in [-0.05, 0) is 49.6 Å². The maximum Gasteiger partial charge on any atom is 0.251 e. The Morgan fingerprint density at radius 2 is 2.20 bits per heavy atom. The molecule has 30 heavy (non-hydrogen) atoms. The van der Waals surface area contributed by atoms with Gasteiger partial charge < -0.3 is 24.5 Å². The van der Waals surface area contributed by atoms with Crippen molar-refractivity contribution in [3.8, 4) is 17.0 Å². The highest BCUT2D eigenvalue weighted by Crippen LogP contribution is 2.35. The number of benzene rings is 1. The van der Waals surface area contributed by atoms with E-state index in [1.807, 2.05) is 5.38 Å². The molecular weight excluding hydrogens is 402 g/mol. The van der Waals surface area contributed by atoms with Crippen LogP contribution in [0.15, 0.2) is 46.4 Å². The number of anilines is 1. The van der Waals surface area contributed by atoms with Crippen LogP contribution in [-0.2, 0) is 0 Å². The van der Waals surface area contributed by atoms with Gasteiger partial charge >= 0.3 is 0 Å². The topological polar surface area (TPSA) is 87.8 Å². The molecule has 1 atom stereocenters. The number of nitrogens with zero attached hydrogens (tertiary/aromatic N) is 2. The van der Waals surface area contributed by atoms with Gasteiger partial charge in [-0.3, -0.25) is 4.79 Å². The summed E-state index contributed by atoms with van der Waals surface area (Å²) in [5.74, 6) is 0.965. The van der Waals surface area contributed by atoms with E-state index in [4.69, 9.17) is 14.1 Å². The van der Waals surface area contributed by atoms with E-state index in [2.05, 4.69) is 10.2 Å². The predicted molar refractivity (Wildman–Crippen MR) is 116 cm³/mol. The van der Waals surface area contributed by atoms with Crippen molar-refractivity contribution in [3.63, 3.8) is 0 Å². The van der Waals surface area contributed by atoms with Gasteiger partial charge in [-0.2, -0.15) is 0 Å². The number of methoxy groups -OCH3 is 1. The van der Waals surface area contributed by atoms with Gasteiger partial charge in [-0.1, -0.05) is 0 Å². The highest BCUT2D eigenvalue weighted by Gasteiger charge is 2.19. The lowest BCUT2D eigenvalue weighted by Crippen LogP contribution is -2.25. The lowest BCUT2D eigenvalue weighted by atomic mass is 10.1. The maximum atomic E-state index is 12.6. The molecule has 1 aliphatic rings. The summed E-state index contributed by atoms with van der Waals surface area (Å²) in [4.78, 5) is 19.7. The van der Waals surface area contributed by atoms with Crippen LogP contribution in [0.4, 0.5) is 5.13 Å². The first-order valence-corrected chi connectivity index (χ1v) is 10.9. The van der Waals surface area contributed by atoms with E-state index in [1.165, 1.54) is 19.1 Å². The molecule has 1 saturated heterocycles. The van der Waals surface area contributed by atoms with Crippen LogP contribution in [0.25, 0.3) is 11.3 Å². The molecule has 3 heterocycles. The van der Waals surface area contributed by atoms with E-state index in [0.29, 0.717) is 30.0 Å². The molecule has 1 aromatic carbocycles. The number of hydrogen-bond acceptors (Lipinski definition) is 7. The zero-order chi connectivity index (χ0) is 20.9. The minimum atomic E-state index is -0.745. The fourth-order valence-corrected chi connectivity index (χ4v) is 4.42. The van der Waals surface area contributed by atoms with E-state index in [1.54, 1.807) is 48.8 Å². The van der Waals surface area contributed by atoms with Crippen LogP contribution in [0.3, 0.4) is 0 Å². The molecule has 1 fully saturated rings. The fraction of sp³-hybridized carbons (Fsp3) is 0.364. The number of amides is 1. The van der Waals surface area contributed by atoms with Crippen molar-refractivity contribution >= 4 is 22.4 Å². The normalized spacial score (nSPS) is 14.7. The fourth-order valence-electron chi connectivity index (χ4n) is 3.54. The van der Waals surface area contributed by atoms with Crippen LogP contribution in [0.2, 0.25) is 0 Å². The van der Waals surface area contributed by atoms with Crippen molar-refractivity contribution in [1.82, 2.24) is 10.3 Å². The van der Waals surface area contributed by atoms with Gasteiger partial charge in [0.25, 0.3) is 5.91 Å². The van der Waals surface area contributed by atoms with Crippen molar-refractivity contribution in [3.05, 3.63) is 53.3 Å². The van der Waals surface area contributed by atoms with Gasteiger partial charge in [0.2, 0.25) is 0 Å². The van der Waals surface area contributed by atoms with Crippen molar-refractivity contribution in [1.29, 1.82) is 0 Å². The number of aliphatic hydroxyl groups excluding tert-OH is 1. The third-order valence-electron chi connectivity index (χ3n) is 5.18. The summed E-state index contributed by atoms with van der Waals surface area (Å²) in [6, 6.07) is 8.77. The molecule has 7 nitrogen and oxygen atoms in total. The largest absolute Gasteiger partial charge is 0.496 e. The number of nitrogens with one attached hydrogen (secondary N) is 1. The van der Waals surface area contributed by atoms with E-state index >= 15 is 0 Å². The average Bonchev–Trinajstić information content (AvgIpc) is 3.54. The first-order valence-electron chi connectivity index (χ1n) is 10.0. The Hall–Kier alpha value is -2.84. The number of carbonyl (C=O) groups is 1. The molecular formula is C22H25N3O4S. The summed E-state index contributed by atoms with van der Waals surface area (Å²) >= 11 is 1.61. The summed E-state index contributed by atoms with van der Waals surface area (Å²) in [6.07, 6.45) is 3.54. The molecule has 2 aromatic heterocycles. The molecule has 8 heteroatoms. The van der Waals surface area contributed by atoms with Crippen molar-refractivity contribution in [2.75, 3.05) is 31.6 Å². The van der Waals surface area contributed by atoms with Crippen LogP contribution >= 0.6 is 11.3 Å². The number of carbonyl (C=O) groups excluding carboxylic acids is 1. The van der Waals surface area contributed by atoms with Crippen LogP contribution in [0, 0.1) is 0 Å². The lowest BCUT2D eigenvalue weighted by Gasteiger charge is -2.13. The van der Waals surface area contributed by atoms with Gasteiger partial charge in [-0.25, -0.2) is 4.98 Å². The number of aliphatic hydroxyl groups is 1. The zero-order valence-corrected chi connectivity index (χ0v) is 17.7. The van der Waals surface area contributed by atoms with E-state index in [-0.39, 0.29) is 5.91 Å². The van der Waals surface area contributed by atoms with Crippen LogP contribution in [0.1, 0.15) is 41.5 Å². The molecule has 0 spiro atoms. The third kappa shape index (κ3) is 4.49. The Morgan fingerprint density at radius 3 is 2.93 bits per heavy atom. The summed E-state index contributed by atoms with van der Waals surface area (Å²) in [6.45, 7) is 2.41. The standard InChI is InChI=1S/C22H25N3O4S/c1-28-19-7-6-15(21(27)23-9-8-18(26)20-5-4-12-29-20)13-16(19)17-14-30-22(24-17)25-10-2-3-11-25/h4-7,12-14,18,26H,2-3,8-11H2,1H3,(H,23,27). The Balaban J connectivity index is 1.44. The average molecular weight is 428 g/mol. The number of aromatic nitrogens is 1. The lowest BCUT2D eigenvalue weighted by molar-refractivity contribution is 0.0936. The molecule has 2 N–H and O–H groups in total. The van der Waals surface area contributed by atoms with E-state index in [9.17, 15) is 9.90 Å². The second kappa shape index (κ2) is 9.32.